The first-order valence-corrected chi connectivity index (χ1v) is 7.18. The van der Waals surface area contributed by atoms with Crippen molar-refractivity contribution in [3.63, 3.8) is 0 Å². The van der Waals surface area contributed by atoms with Crippen LogP contribution >= 0.6 is 0 Å². The quantitative estimate of drug-likeness (QED) is 0.609. The summed E-state index contributed by atoms with van der Waals surface area (Å²) < 4.78 is 5.69. The number of nitrogens with zero attached hydrogens (tertiary/aromatic N) is 2. The van der Waals surface area contributed by atoms with Crippen LogP contribution in [0.4, 0.5) is 0 Å². The summed E-state index contributed by atoms with van der Waals surface area (Å²) >= 11 is 0. The third-order valence-electron chi connectivity index (χ3n) is 4.41. The van der Waals surface area contributed by atoms with Gasteiger partial charge in [-0.1, -0.05) is 30.3 Å². The highest BCUT2D eigenvalue weighted by Crippen LogP contribution is 2.41. The number of hydroxylamine groups is 2. The number of benzene rings is 1. The van der Waals surface area contributed by atoms with Crippen LogP contribution in [-0.2, 0) is 21.0 Å². The second-order valence-corrected chi connectivity index (χ2v) is 5.67. The van der Waals surface area contributed by atoms with Gasteiger partial charge in [-0.25, -0.2) is 0 Å². The molecule has 5 nitrogen and oxygen atoms in total. The van der Waals surface area contributed by atoms with Gasteiger partial charge in [-0.3, -0.25) is 9.74 Å². The van der Waals surface area contributed by atoms with Gasteiger partial charge in [0.1, 0.15) is 6.29 Å². The fraction of sp³-hybridized carbons (Fsp3) is 0.533. The Morgan fingerprint density at radius 1 is 1.25 bits per heavy atom. The van der Waals surface area contributed by atoms with E-state index in [2.05, 4.69) is 17.0 Å². The lowest BCUT2D eigenvalue weighted by Gasteiger charge is -2.43. The summed E-state index contributed by atoms with van der Waals surface area (Å²) in [6.45, 7) is 1.43. The van der Waals surface area contributed by atoms with Crippen molar-refractivity contribution in [3.8, 4) is 0 Å². The van der Waals surface area contributed by atoms with Crippen molar-refractivity contribution in [3.05, 3.63) is 35.9 Å². The number of carbonyl (C=O) groups excluding carboxylic acids is 1. The van der Waals surface area contributed by atoms with Gasteiger partial charge in [-0.2, -0.15) is 5.06 Å². The Kier molecular flexibility index (Phi) is 3.07. The third kappa shape index (κ3) is 2.07. The molecule has 0 radical (unpaired) electrons. The highest BCUT2D eigenvalue weighted by molar-refractivity contribution is 5.58. The molecular weight excluding hydrogens is 256 g/mol. The zero-order chi connectivity index (χ0) is 13.5. The molecule has 2 bridgehead atoms. The van der Waals surface area contributed by atoms with Gasteiger partial charge in [-0.15, -0.1) is 0 Å². The Labute approximate surface area is 118 Å². The highest BCUT2D eigenvalue weighted by Gasteiger charge is 2.58. The maximum atomic E-state index is 11.1. The van der Waals surface area contributed by atoms with Gasteiger partial charge < -0.3 is 9.53 Å². The Morgan fingerprint density at radius 3 is 2.90 bits per heavy atom. The molecule has 20 heavy (non-hydrogen) atoms. The van der Waals surface area contributed by atoms with E-state index in [4.69, 9.17) is 9.57 Å². The lowest BCUT2D eigenvalue weighted by atomic mass is 9.97. The molecule has 106 valence electrons. The van der Waals surface area contributed by atoms with Crippen LogP contribution in [0.2, 0.25) is 0 Å². The summed E-state index contributed by atoms with van der Waals surface area (Å²) in [5, 5.41) is 2.01. The first-order chi connectivity index (χ1) is 9.86. The number of piperidine rings is 1. The summed E-state index contributed by atoms with van der Waals surface area (Å²) in [5.74, 6) is 0. The molecule has 1 aromatic rings. The molecule has 0 aliphatic carbocycles. The topological polar surface area (TPSA) is 45.3 Å². The Bertz CT molecular complexity index is 495. The normalized spacial score (nSPS) is 39.1. The Morgan fingerprint density at radius 2 is 2.10 bits per heavy atom. The van der Waals surface area contributed by atoms with E-state index in [0.29, 0.717) is 12.6 Å². The zero-order valence-corrected chi connectivity index (χ0v) is 11.2. The summed E-state index contributed by atoms with van der Waals surface area (Å²) in [6.07, 6.45) is 2.97. The number of rotatable bonds is 4. The van der Waals surface area contributed by atoms with Crippen molar-refractivity contribution in [2.75, 3.05) is 6.54 Å². The first-order valence-electron chi connectivity index (χ1n) is 7.18. The monoisotopic (exact) mass is 274 g/mol. The van der Waals surface area contributed by atoms with Crippen molar-refractivity contribution in [2.24, 2.45) is 0 Å². The molecule has 0 amide bonds. The van der Waals surface area contributed by atoms with E-state index < -0.39 is 0 Å². The molecule has 5 atom stereocenters. The van der Waals surface area contributed by atoms with Gasteiger partial charge >= 0.3 is 0 Å². The predicted octanol–water partition coefficient (Wildman–Crippen LogP) is 1.15. The van der Waals surface area contributed by atoms with E-state index in [1.165, 1.54) is 0 Å². The maximum absolute atomic E-state index is 11.1. The lowest BCUT2D eigenvalue weighted by molar-refractivity contribution is -0.238. The van der Waals surface area contributed by atoms with E-state index in [1.54, 1.807) is 0 Å². The van der Waals surface area contributed by atoms with E-state index in [0.717, 1.165) is 31.2 Å². The van der Waals surface area contributed by atoms with Gasteiger partial charge in [0.25, 0.3) is 0 Å². The average Bonchev–Trinajstić information content (AvgIpc) is 3.29. The number of hydrogen-bond acceptors (Lipinski definition) is 5. The van der Waals surface area contributed by atoms with Crippen LogP contribution in [0, 0.1) is 0 Å². The van der Waals surface area contributed by atoms with Crippen LogP contribution in [0.1, 0.15) is 18.4 Å². The molecule has 0 spiro atoms. The van der Waals surface area contributed by atoms with Crippen LogP contribution < -0.4 is 0 Å². The Hall–Kier alpha value is -1.27. The van der Waals surface area contributed by atoms with Crippen LogP contribution in [0.3, 0.4) is 0 Å². The highest BCUT2D eigenvalue weighted by atomic mass is 16.8. The molecule has 0 aromatic heterocycles. The van der Waals surface area contributed by atoms with Gasteiger partial charge in [0.05, 0.1) is 18.7 Å². The number of hydrogen-bond donors (Lipinski definition) is 0. The number of epoxide rings is 1. The fourth-order valence-corrected chi connectivity index (χ4v) is 3.28. The van der Waals surface area contributed by atoms with Crippen LogP contribution in [0.15, 0.2) is 30.3 Å². The van der Waals surface area contributed by atoms with E-state index >= 15 is 0 Å². The minimum atomic E-state index is 0.000197. The predicted molar refractivity (Wildman–Crippen MR) is 71.3 cm³/mol. The van der Waals surface area contributed by atoms with Crippen molar-refractivity contribution >= 4 is 6.29 Å². The number of ether oxygens (including phenoxy) is 1. The summed E-state index contributed by atoms with van der Waals surface area (Å²) in [7, 11) is 0. The molecule has 4 unspecified atom stereocenters. The molecule has 0 N–H and O–H groups in total. The molecule has 5 heteroatoms. The van der Waals surface area contributed by atoms with E-state index in [-0.39, 0.29) is 18.5 Å². The summed E-state index contributed by atoms with van der Waals surface area (Å²) in [6, 6.07) is 10.5. The zero-order valence-electron chi connectivity index (χ0n) is 11.2. The van der Waals surface area contributed by atoms with Gasteiger partial charge in [0, 0.05) is 6.54 Å². The standard InChI is InChI=1S/C15H18N2O3/c18-9-13-7-6-12-8-16(13)14-15(20-14)17(12)19-10-11-4-2-1-3-5-11/h1-5,9,12-15H,6-8,10H2/t12-,13?,14?,15?/m1/s1. The first kappa shape index (κ1) is 12.5. The molecule has 0 saturated carbocycles. The molecule has 1 aromatic carbocycles. The van der Waals surface area contributed by atoms with E-state index in [1.807, 2.05) is 23.3 Å². The van der Waals surface area contributed by atoms with Gasteiger partial charge in [0.15, 0.2) is 12.5 Å². The fourth-order valence-electron chi connectivity index (χ4n) is 3.28. The van der Waals surface area contributed by atoms with Crippen molar-refractivity contribution < 1.29 is 14.4 Å². The second-order valence-electron chi connectivity index (χ2n) is 5.67. The number of fused-ring (bicyclic) bond motifs is 4. The molecule has 3 heterocycles. The number of aldehydes is 1. The van der Waals surface area contributed by atoms with E-state index in [9.17, 15) is 4.79 Å². The number of piperazine rings is 1. The van der Waals surface area contributed by atoms with Crippen molar-refractivity contribution in [1.29, 1.82) is 0 Å². The summed E-state index contributed by atoms with van der Waals surface area (Å²) in [4.78, 5) is 19.2. The number of carbonyl (C=O) groups is 1. The second kappa shape index (κ2) is 4.93. The lowest BCUT2D eigenvalue weighted by Crippen LogP contribution is -2.59. The molecule has 3 aliphatic rings. The SMILES string of the molecule is O=CC1CC[C@@H]2CN1C1OC1N2OCc1ccccc1. The smallest absolute Gasteiger partial charge is 0.175 e. The largest absolute Gasteiger partial charge is 0.334 e. The van der Waals surface area contributed by atoms with Gasteiger partial charge in [0.2, 0.25) is 0 Å². The van der Waals surface area contributed by atoms with Crippen LogP contribution in [0.5, 0.6) is 0 Å². The molecule has 3 saturated heterocycles. The summed E-state index contributed by atoms with van der Waals surface area (Å²) in [5.41, 5.74) is 1.16. The Balaban J connectivity index is 1.42. The van der Waals surface area contributed by atoms with Crippen LogP contribution in [-0.4, -0.2) is 47.3 Å². The average molecular weight is 274 g/mol. The van der Waals surface area contributed by atoms with Crippen molar-refractivity contribution in [1.82, 2.24) is 9.96 Å². The molecular formula is C15H18N2O3. The van der Waals surface area contributed by atoms with Crippen LogP contribution in [0.25, 0.3) is 0 Å². The van der Waals surface area contributed by atoms with Gasteiger partial charge in [-0.05, 0) is 18.4 Å². The maximum Gasteiger partial charge on any atom is 0.175 e. The molecule has 4 rings (SSSR count). The molecule has 3 fully saturated rings. The molecule has 3 aliphatic heterocycles. The third-order valence-corrected chi connectivity index (χ3v) is 4.41. The minimum Gasteiger partial charge on any atom is -0.334 e. The minimum absolute atomic E-state index is 0.000197. The van der Waals surface area contributed by atoms with Crippen molar-refractivity contribution in [2.45, 2.75) is 44.0 Å².